The average molecular weight is 299 g/mol. The molecule has 17 heavy (non-hydrogen) atoms. The Balaban J connectivity index is 2.92. The number of hydrogen-bond acceptors (Lipinski definition) is 5. The smallest absolute Gasteiger partial charge is 0.362 e. The Morgan fingerprint density at radius 2 is 1.94 bits per heavy atom. The molecule has 0 radical (unpaired) electrons. The summed E-state index contributed by atoms with van der Waals surface area (Å²) in [5.41, 5.74) is 0.353. The van der Waals surface area contributed by atoms with Crippen LogP contribution in [0.3, 0.4) is 0 Å². The topological polar surface area (TPSA) is 71.2 Å². The zero-order valence-corrected chi connectivity index (χ0v) is 10.9. The molecular formula is C11H11BrN2O3. The summed E-state index contributed by atoms with van der Waals surface area (Å²) in [4.78, 5) is 11.2. The Bertz CT molecular complexity index is 462. The van der Waals surface area contributed by atoms with Gasteiger partial charge in [-0.05, 0) is 31.2 Å². The molecule has 1 aromatic carbocycles. The lowest BCUT2D eigenvalue weighted by atomic mass is 10.3. The van der Waals surface area contributed by atoms with E-state index in [0.717, 1.165) is 4.47 Å². The molecular weight excluding hydrogens is 288 g/mol. The maximum absolute atomic E-state index is 11.2. The number of carbonyl (C=O) groups excluding carboxylic acids is 1. The van der Waals surface area contributed by atoms with Gasteiger partial charge in [0.15, 0.2) is 0 Å². The molecule has 6 heteroatoms. The summed E-state index contributed by atoms with van der Waals surface area (Å²) in [5.74, 6) is -0.969. The summed E-state index contributed by atoms with van der Waals surface area (Å²) in [6, 6.07) is 7.02. The highest BCUT2D eigenvalue weighted by molar-refractivity contribution is 9.10. The molecule has 0 heterocycles. The van der Waals surface area contributed by atoms with E-state index in [1.54, 1.807) is 24.3 Å². The molecule has 1 rings (SSSR count). The standard InChI is InChI=1S/C11H11BrN2O3/c1-7(15)10(11(16)17-2)14-13-9-5-3-8(12)4-6-9/h3-6,15H,1-2H3/b10-7-,14-13?. The third-order valence-corrected chi connectivity index (χ3v) is 2.34. The normalized spacial score (nSPS) is 12.4. The lowest BCUT2D eigenvalue weighted by molar-refractivity contribution is -0.136. The van der Waals surface area contributed by atoms with Gasteiger partial charge in [0.25, 0.3) is 0 Å². The number of esters is 1. The number of rotatable bonds is 3. The molecule has 1 N–H and O–H groups in total. The van der Waals surface area contributed by atoms with Crippen LogP contribution in [0.25, 0.3) is 0 Å². The van der Waals surface area contributed by atoms with Crippen molar-refractivity contribution >= 4 is 27.6 Å². The fourth-order valence-electron chi connectivity index (χ4n) is 0.973. The molecule has 0 aliphatic heterocycles. The van der Waals surface area contributed by atoms with Crippen LogP contribution in [0.5, 0.6) is 0 Å². The Hall–Kier alpha value is -1.69. The highest BCUT2D eigenvalue weighted by Crippen LogP contribution is 2.18. The lowest BCUT2D eigenvalue weighted by Gasteiger charge is -1.99. The number of benzene rings is 1. The van der Waals surface area contributed by atoms with E-state index in [-0.39, 0.29) is 11.5 Å². The first-order valence-electron chi connectivity index (χ1n) is 4.70. The zero-order valence-electron chi connectivity index (χ0n) is 9.35. The van der Waals surface area contributed by atoms with Crippen LogP contribution >= 0.6 is 15.9 Å². The second-order valence-electron chi connectivity index (χ2n) is 3.10. The maximum atomic E-state index is 11.2. The van der Waals surface area contributed by atoms with Crippen molar-refractivity contribution in [1.29, 1.82) is 0 Å². The molecule has 0 saturated carbocycles. The van der Waals surface area contributed by atoms with Crippen molar-refractivity contribution in [2.75, 3.05) is 7.11 Å². The van der Waals surface area contributed by atoms with Gasteiger partial charge in [0.05, 0.1) is 12.8 Å². The van der Waals surface area contributed by atoms with Crippen molar-refractivity contribution in [1.82, 2.24) is 0 Å². The third-order valence-electron chi connectivity index (χ3n) is 1.81. The van der Waals surface area contributed by atoms with Gasteiger partial charge >= 0.3 is 5.97 Å². The van der Waals surface area contributed by atoms with Crippen molar-refractivity contribution in [2.45, 2.75) is 6.92 Å². The number of nitrogens with zero attached hydrogens (tertiary/aromatic N) is 2. The van der Waals surface area contributed by atoms with E-state index in [4.69, 9.17) is 0 Å². The van der Waals surface area contributed by atoms with Crippen molar-refractivity contribution in [3.8, 4) is 0 Å². The predicted octanol–water partition coefficient (Wildman–Crippen LogP) is 3.50. The first-order valence-corrected chi connectivity index (χ1v) is 5.49. The summed E-state index contributed by atoms with van der Waals surface area (Å²) in [6.07, 6.45) is 0. The zero-order chi connectivity index (χ0) is 12.8. The van der Waals surface area contributed by atoms with E-state index < -0.39 is 5.97 Å². The van der Waals surface area contributed by atoms with Gasteiger partial charge in [-0.1, -0.05) is 15.9 Å². The van der Waals surface area contributed by atoms with Crippen LogP contribution in [0.15, 0.2) is 50.4 Å². The second-order valence-corrected chi connectivity index (χ2v) is 4.02. The van der Waals surface area contributed by atoms with Gasteiger partial charge < -0.3 is 9.84 Å². The SMILES string of the molecule is COC(=O)/C(N=Nc1ccc(Br)cc1)=C(\C)O. The van der Waals surface area contributed by atoms with Gasteiger partial charge in [0, 0.05) is 4.47 Å². The number of methoxy groups -OCH3 is 1. The Kier molecular flexibility index (Phi) is 4.84. The van der Waals surface area contributed by atoms with Gasteiger partial charge in [0.2, 0.25) is 5.70 Å². The molecule has 0 aromatic heterocycles. The number of azo groups is 1. The molecule has 0 unspecified atom stereocenters. The molecule has 0 bridgehead atoms. The number of ether oxygens (including phenoxy) is 1. The van der Waals surface area contributed by atoms with Crippen molar-refractivity contribution in [3.63, 3.8) is 0 Å². The first kappa shape index (κ1) is 13.4. The van der Waals surface area contributed by atoms with Gasteiger partial charge in [-0.15, -0.1) is 5.11 Å². The largest absolute Gasteiger partial charge is 0.510 e. The fraction of sp³-hybridized carbons (Fsp3) is 0.182. The van der Waals surface area contributed by atoms with E-state index in [2.05, 4.69) is 30.9 Å². The van der Waals surface area contributed by atoms with Crippen LogP contribution in [0.4, 0.5) is 5.69 Å². The summed E-state index contributed by atoms with van der Waals surface area (Å²) in [5, 5.41) is 16.7. The van der Waals surface area contributed by atoms with E-state index in [1.807, 2.05) is 0 Å². The number of aliphatic hydroxyl groups excluding tert-OH is 1. The monoisotopic (exact) mass is 298 g/mol. The van der Waals surface area contributed by atoms with Crippen LogP contribution < -0.4 is 0 Å². The van der Waals surface area contributed by atoms with Crippen LogP contribution in [0.1, 0.15) is 6.92 Å². The first-order chi connectivity index (χ1) is 8.04. The average Bonchev–Trinajstić information content (AvgIpc) is 2.31. The van der Waals surface area contributed by atoms with Crippen LogP contribution in [-0.4, -0.2) is 18.2 Å². The quantitative estimate of drug-likeness (QED) is 0.402. The molecule has 90 valence electrons. The minimum atomic E-state index is -0.731. The van der Waals surface area contributed by atoms with E-state index >= 15 is 0 Å². The number of aliphatic hydroxyl groups is 1. The number of carbonyl (C=O) groups is 1. The molecule has 0 saturated heterocycles. The molecule has 1 aromatic rings. The maximum Gasteiger partial charge on any atom is 0.362 e. The molecule has 0 aliphatic carbocycles. The Morgan fingerprint density at radius 3 is 2.41 bits per heavy atom. The van der Waals surface area contributed by atoms with Crippen LogP contribution in [-0.2, 0) is 9.53 Å². The molecule has 0 atom stereocenters. The number of hydrogen-bond donors (Lipinski definition) is 1. The minimum absolute atomic E-state index is 0.213. The Labute approximate surface area is 107 Å². The van der Waals surface area contributed by atoms with Crippen LogP contribution in [0.2, 0.25) is 0 Å². The van der Waals surface area contributed by atoms with Crippen molar-refractivity contribution in [2.24, 2.45) is 10.2 Å². The predicted molar refractivity (Wildman–Crippen MR) is 66.0 cm³/mol. The number of halogens is 1. The second kappa shape index (κ2) is 6.15. The fourth-order valence-corrected chi connectivity index (χ4v) is 1.24. The summed E-state index contributed by atoms with van der Waals surface area (Å²) in [6.45, 7) is 1.34. The summed E-state index contributed by atoms with van der Waals surface area (Å²) >= 11 is 3.29. The van der Waals surface area contributed by atoms with Crippen LogP contribution in [0, 0.1) is 0 Å². The molecule has 0 aliphatic rings. The lowest BCUT2D eigenvalue weighted by Crippen LogP contribution is -2.04. The van der Waals surface area contributed by atoms with Gasteiger partial charge in [-0.2, -0.15) is 5.11 Å². The molecule has 5 nitrogen and oxygen atoms in total. The highest BCUT2D eigenvalue weighted by Gasteiger charge is 2.12. The van der Waals surface area contributed by atoms with E-state index in [9.17, 15) is 9.90 Å². The molecule has 0 spiro atoms. The highest BCUT2D eigenvalue weighted by atomic mass is 79.9. The van der Waals surface area contributed by atoms with Gasteiger partial charge in [-0.25, -0.2) is 4.79 Å². The summed E-state index contributed by atoms with van der Waals surface area (Å²) < 4.78 is 5.38. The third kappa shape index (κ3) is 3.99. The molecule has 0 amide bonds. The Morgan fingerprint density at radius 1 is 1.35 bits per heavy atom. The molecule has 0 fully saturated rings. The minimum Gasteiger partial charge on any atom is -0.510 e. The number of allylic oxidation sites excluding steroid dienone is 1. The van der Waals surface area contributed by atoms with E-state index in [0.29, 0.717) is 5.69 Å². The van der Waals surface area contributed by atoms with Gasteiger partial charge in [0.1, 0.15) is 5.76 Å². The van der Waals surface area contributed by atoms with Crippen molar-refractivity contribution in [3.05, 3.63) is 40.2 Å². The van der Waals surface area contributed by atoms with E-state index in [1.165, 1.54) is 14.0 Å². The summed E-state index contributed by atoms with van der Waals surface area (Å²) in [7, 11) is 1.21. The van der Waals surface area contributed by atoms with Crippen molar-refractivity contribution < 1.29 is 14.6 Å². The van der Waals surface area contributed by atoms with Gasteiger partial charge in [-0.3, -0.25) is 0 Å².